The molecular formula is C23H46O4Si. The lowest BCUT2D eigenvalue weighted by atomic mass is 9.98. The van der Waals surface area contributed by atoms with E-state index in [1.54, 1.807) is 14.2 Å². The molecule has 4 nitrogen and oxygen atoms in total. The standard InChI is InChI=1S/C23H46O4Si/c1-17(2)28(18(3)4,19(5)6)27-23(8,9)16-15-20(7)21(24)13-12-14-22(25-10)26-11/h17-22,24H,12-14H2,1-11H3/t20-,21+/m0/s1. The van der Waals surface area contributed by atoms with Gasteiger partial charge in [0, 0.05) is 20.1 Å². The molecule has 2 atom stereocenters. The van der Waals surface area contributed by atoms with Crippen LogP contribution in [0.1, 0.15) is 81.6 Å². The topological polar surface area (TPSA) is 47.9 Å². The van der Waals surface area contributed by atoms with Crippen molar-refractivity contribution in [1.82, 2.24) is 0 Å². The summed E-state index contributed by atoms with van der Waals surface area (Å²) in [6.45, 7) is 19.8. The van der Waals surface area contributed by atoms with Gasteiger partial charge in [0.15, 0.2) is 6.29 Å². The zero-order valence-corrected chi connectivity index (χ0v) is 21.3. The summed E-state index contributed by atoms with van der Waals surface area (Å²) in [5, 5.41) is 10.5. The monoisotopic (exact) mass is 414 g/mol. The predicted molar refractivity (Wildman–Crippen MR) is 121 cm³/mol. The summed E-state index contributed by atoms with van der Waals surface area (Å²) in [5.74, 6) is 6.50. The van der Waals surface area contributed by atoms with Gasteiger partial charge in [-0.1, -0.05) is 53.4 Å². The van der Waals surface area contributed by atoms with Crippen molar-refractivity contribution in [3.8, 4) is 11.8 Å². The highest BCUT2D eigenvalue weighted by molar-refractivity contribution is 6.77. The molecule has 0 aromatic rings. The highest BCUT2D eigenvalue weighted by Gasteiger charge is 2.48. The molecule has 166 valence electrons. The maximum absolute atomic E-state index is 10.5. The van der Waals surface area contributed by atoms with Crippen LogP contribution in [0.15, 0.2) is 0 Å². The highest BCUT2D eigenvalue weighted by Crippen LogP contribution is 2.44. The van der Waals surface area contributed by atoms with Crippen LogP contribution in [0.25, 0.3) is 0 Å². The normalized spacial score (nSPS) is 15.3. The van der Waals surface area contributed by atoms with Gasteiger partial charge < -0.3 is 19.0 Å². The number of hydrogen-bond acceptors (Lipinski definition) is 4. The molecule has 0 saturated carbocycles. The molecule has 28 heavy (non-hydrogen) atoms. The largest absolute Gasteiger partial charge is 0.400 e. The Kier molecular flexibility index (Phi) is 12.2. The zero-order chi connectivity index (χ0) is 22.1. The summed E-state index contributed by atoms with van der Waals surface area (Å²) in [5.41, 5.74) is 1.04. The summed E-state index contributed by atoms with van der Waals surface area (Å²) in [4.78, 5) is 0. The molecule has 0 heterocycles. The van der Waals surface area contributed by atoms with Crippen molar-refractivity contribution >= 4 is 8.32 Å². The van der Waals surface area contributed by atoms with Crippen LogP contribution in [0.4, 0.5) is 0 Å². The fourth-order valence-corrected chi connectivity index (χ4v) is 9.92. The smallest absolute Gasteiger partial charge is 0.202 e. The minimum atomic E-state index is -2.00. The predicted octanol–water partition coefficient (Wildman–Crippen LogP) is 5.75. The van der Waals surface area contributed by atoms with E-state index in [0.717, 1.165) is 12.8 Å². The molecular weight excluding hydrogens is 368 g/mol. The van der Waals surface area contributed by atoms with E-state index in [2.05, 4.69) is 67.2 Å². The SMILES string of the molecule is COC(CCC[C@@H](O)[C@@H](C)C#CC(C)(C)O[Si](C(C)C)(C(C)C)C(C)C)OC. The number of methoxy groups -OCH3 is 2. The highest BCUT2D eigenvalue weighted by atomic mass is 28.4. The maximum atomic E-state index is 10.5. The van der Waals surface area contributed by atoms with Crippen LogP contribution in [-0.2, 0) is 13.9 Å². The Morgan fingerprint density at radius 2 is 1.32 bits per heavy atom. The average Bonchev–Trinajstić information content (AvgIpc) is 2.60. The van der Waals surface area contributed by atoms with Crippen molar-refractivity contribution in [3.63, 3.8) is 0 Å². The van der Waals surface area contributed by atoms with Gasteiger partial charge in [-0.15, -0.1) is 0 Å². The molecule has 0 aliphatic rings. The molecule has 0 fully saturated rings. The van der Waals surface area contributed by atoms with Crippen molar-refractivity contribution in [1.29, 1.82) is 0 Å². The summed E-state index contributed by atoms with van der Waals surface area (Å²) in [6.07, 6.45) is 1.62. The van der Waals surface area contributed by atoms with Crippen molar-refractivity contribution in [2.75, 3.05) is 14.2 Å². The first-order valence-corrected chi connectivity index (χ1v) is 12.9. The molecule has 0 saturated heterocycles. The molecule has 0 amide bonds. The summed E-state index contributed by atoms with van der Waals surface area (Å²) in [6, 6.07) is 0. The molecule has 0 aromatic carbocycles. The molecule has 0 spiro atoms. The van der Waals surface area contributed by atoms with Crippen LogP contribution in [0.5, 0.6) is 0 Å². The van der Waals surface area contributed by atoms with Gasteiger partial charge in [0.25, 0.3) is 0 Å². The number of hydrogen-bond donors (Lipinski definition) is 1. The second kappa shape index (κ2) is 12.3. The number of ether oxygens (including phenoxy) is 2. The fraction of sp³-hybridized carbons (Fsp3) is 0.913. The molecule has 1 N–H and O–H groups in total. The second-order valence-electron chi connectivity index (χ2n) is 9.39. The quantitative estimate of drug-likeness (QED) is 0.251. The molecule has 0 bridgehead atoms. The van der Waals surface area contributed by atoms with Crippen LogP contribution in [0, 0.1) is 17.8 Å². The van der Waals surface area contributed by atoms with Gasteiger partial charge in [-0.2, -0.15) is 0 Å². The van der Waals surface area contributed by atoms with Crippen LogP contribution in [-0.4, -0.2) is 45.6 Å². The first kappa shape index (κ1) is 27.6. The first-order valence-electron chi connectivity index (χ1n) is 10.8. The van der Waals surface area contributed by atoms with Gasteiger partial charge in [-0.05, 0) is 56.7 Å². The minimum absolute atomic E-state index is 0.0976. The Morgan fingerprint density at radius 1 is 0.857 bits per heavy atom. The third kappa shape index (κ3) is 8.16. The summed E-state index contributed by atoms with van der Waals surface area (Å²) >= 11 is 0. The van der Waals surface area contributed by atoms with E-state index in [0.29, 0.717) is 23.0 Å². The number of aliphatic hydroxyl groups excluding tert-OH is 1. The second-order valence-corrected chi connectivity index (χ2v) is 14.8. The van der Waals surface area contributed by atoms with Crippen molar-refractivity contribution in [2.24, 2.45) is 5.92 Å². The molecule has 0 aromatic heterocycles. The van der Waals surface area contributed by atoms with Crippen molar-refractivity contribution in [3.05, 3.63) is 0 Å². The van der Waals surface area contributed by atoms with E-state index in [-0.39, 0.29) is 12.2 Å². The molecule has 0 unspecified atom stereocenters. The third-order valence-electron chi connectivity index (χ3n) is 5.78. The number of aliphatic hydroxyl groups is 1. The third-order valence-corrected chi connectivity index (χ3v) is 12.1. The molecule has 0 rings (SSSR count). The Hall–Kier alpha value is -0.383. The fourth-order valence-electron chi connectivity index (χ4n) is 4.28. The van der Waals surface area contributed by atoms with Crippen LogP contribution in [0.3, 0.4) is 0 Å². The van der Waals surface area contributed by atoms with Gasteiger partial charge in [-0.25, -0.2) is 0 Å². The van der Waals surface area contributed by atoms with Gasteiger partial charge in [0.05, 0.1) is 6.10 Å². The average molecular weight is 415 g/mol. The lowest BCUT2D eigenvalue weighted by Gasteiger charge is -2.46. The Morgan fingerprint density at radius 3 is 1.71 bits per heavy atom. The Bertz CT molecular complexity index is 465. The maximum Gasteiger partial charge on any atom is 0.202 e. The Labute approximate surface area is 175 Å². The van der Waals surface area contributed by atoms with Gasteiger partial charge >= 0.3 is 0 Å². The molecule has 5 heteroatoms. The zero-order valence-electron chi connectivity index (χ0n) is 20.3. The van der Waals surface area contributed by atoms with Crippen molar-refractivity contribution in [2.45, 2.75) is 116 Å². The summed E-state index contributed by atoms with van der Waals surface area (Å²) in [7, 11) is 1.27. The van der Waals surface area contributed by atoms with Gasteiger partial charge in [-0.3, -0.25) is 0 Å². The van der Waals surface area contributed by atoms with E-state index >= 15 is 0 Å². The lowest BCUT2D eigenvalue weighted by molar-refractivity contribution is -0.108. The molecule has 0 radical (unpaired) electrons. The van der Waals surface area contributed by atoms with E-state index in [4.69, 9.17) is 13.9 Å². The van der Waals surface area contributed by atoms with E-state index in [9.17, 15) is 5.11 Å². The van der Waals surface area contributed by atoms with Gasteiger partial charge in [0.2, 0.25) is 8.32 Å². The number of rotatable bonds is 12. The molecule has 0 aliphatic heterocycles. The van der Waals surface area contributed by atoms with E-state index in [1.807, 2.05) is 6.92 Å². The first-order chi connectivity index (χ1) is 12.8. The van der Waals surface area contributed by atoms with E-state index < -0.39 is 20.0 Å². The van der Waals surface area contributed by atoms with Crippen molar-refractivity contribution < 1.29 is 19.0 Å². The minimum Gasteiger partial charge on any atom is -0.400 e. The lowest BCUT2D eigenvalue weighted by Crippen LogP contribution is -2.52. The molecule has 0 aliphatic carbocycles. The Balaban J connectivity index is 5.07. The van der Waals surface area contributed by atoms with E-state index in [1.165, 1.54) is 0 Å². The van der Waals surface area contributed by atoms with Gasteiger partial charge in [0.1, 0.15) is 5.60 Å². The summed E-state index contributed by atoms with van der Waals surface area (Å²) < 4.78 is 17.2. The van der Waals surface area contributed by atoms with Crippen LogP contribution in [0.2, 0.25) is 16.6 Å². The van der Waals surface area contributed by atoms with Crippen LogP contribution >= 0.6 is 0 Å². The van der Waals surface area contributed by atoms with Crippen LogP contribution < -0.4 is 0 Å².